The summed E-state index contributed by atoms with van der Waals surface area (Å²) >= 11 is 5.78. The smallest absolute Gasteiger partial charge is 0.170 e. The highest BCUT2D eigenvalue weighted by Crippen LogP contribution is 2.23. The van der Waals surface area contributed by atoms with Gasteiger partial charge in [-0.25, -0.2) is 8.78 Å². The van der Waals surface area contributed by atoms with Gasteiger partial charge in [0, 0.05) is 11.1 Å². The summed E-state index contributed by atoms with van der Waals surface area (Å²) in [5.74, 6) is -1.52. The van der Waals surface area contributed by atoms with Gasteiger partial charge in [-0.2, -0.15) is 0 Å². The predicted molar refractivity (Wildman–Crippen MR) is 74.7 cm³/mol. The molecule has 0 aromatic heterocycles. The number of oxime groups is 1. The highest BCUT2D eigenvalue weighted by molar-refractivity contribution is 6.31. The number of benzene rings is 2. The predicted octanol–water partition coefficient (Wildman–Crippen LogP) is 3.29. The van der Waals surface area contributed by atoms with Gasteiger partial charge in [0.1, 0.15) is 12.4 Å². The van der Waals surface area contributed by atoms with Crippen molar-refractivity contribution < 1.29 is 18.7 Å². The van der Waals surface area contributed by atoms with Gasteiger partial charge in [0.25, 0.3) is 0 Å². The molecule has 2 aromatic carbocycles. The van der Waals surface area contributed by atoms with Crippen LogP contribution in [0, 0.1) is 11.6 Å². The van der Waals surface area contributed by atoms with Crippen molar-refractivity contribution >= 4 is 17.4 Å². The van der Waals surface area contributed by atoms with E-state index in [-0.39, 0.29) is 28.8 Å². The van der Waals surface area contributed by atoms with E-state index in [2.05, 4.69) is 5.16 Å². The van der Waals surface area contributed by atoms with E-state index in [9.17, 15) is 8.78 Å². The molecule has 2 aromatic rings. The third-order valence-corrected chi connectivity index (χ3v) is 3.17. The highest BCUT2D eigenvalue weighted by Gasteiger charge is 2.10. The normalized spacial score (nSPS) is 11.5. The number of hydrogen-bond donors (Lipinski definition) is 2. The van der Waals surface area contributed by atoms with E-state index < -0.39 is 11.6 Å². The van der Waals surface area contributed by atoms with Crippen LogP contribution in [0.3, 0.4) is 0 Å². The van der Waals surface area contributed by atoms with Gasteiger partial charge in [-0.05, 0) is 24.3 Å². The van der Waals surface area contributed by atoms with E-state index in [1.807, 2.05) is 0 Å². The number of nitrogens with zero attached hydrogens (tertiary/aromatic N) is 1. The Labute approximate surface area is 124 Å². The quantitative estimate of drug-likeness (QED) is 0.394. The van der Waals surface area contributed by atoms with Crippen LogP contribution in [0.2, 0.25) is 5.02 Å². The van der Waals surface area contributed by atoms with Crippen molar-refractivity contribution in [2.75, 3.05) is 0 Å². The molecule has 0 spiro atoms. The molecule has 0 aliphatic rings. The van der Waals surface area contributed by atoms with Crippen molar-refractivity contribution in [1.82, 2.24) is 0 Å². The molecule has 3 N–H and O–H groups in total. The molecule has 0 aliphatic heterocycles. The number of amidine groups is 1. The van der Waals surface area contributed by atoms with Crippen LogP contribution >= 0.6 is 11.6 Å². The van der Waals surface area contributed by atoms with Gasteiger partial charge in [-0.15, -0.1) is 0 Å². The van der Waals surface area contributed by atoms with Gasteiger partial charge in [0.15, 0.2) is 17.4 Å². The molecule has 0 saturated carbocycles. The molecule has 0 saturated heterocycles. The van der Waals surface area contributed by atoms with Crippen LogP contribution in [0.1, 0.15) is 11.1 Å². The van der Waals surface area contributed by atoms with Gasteiger partial charge in [0.2, 0.25) is 0 Å². The van der Waals surface area contributed by atoms with E-state index in [4.69, 9.17) is 27.3 Å². The Balaban J connectivity index is 2.15. The van der Waals surface area contributed by atoms with Gasteiger partial charge in [-0.1, -0.05) is 28.9 Å². The minimum absolute atomic E-state index is 0.0511. The Morgan fingerprint density at radius 1 is 1.24 bits per heavy atom. The first-order valence-electron chi connectivity index (χ1n) is 5.86. The second-order valence-electron chi connectivity index (χ2n) is 4.13. The van der Waals surface area contributed by atoms with Crippen LogP contribution < -0.4 is 10.5 Å². The molecular weight excluding hydrogens is 302 g/mol. The average molecular weight is 313 g/mol. The Kier molecular flexibility index (Phi) is 4.59. The van der Waals surface area contributed by atoms with Crippen molar-refractivity contribution in [3.63, 3.8) is 0 Å². The maximum atomic E-state index is 13.8. The molecule has 0 aliphatic carbocycles. The van der Waals surface area contributed by atoms with Crippen LogP contribution in [-0.4, -0.2) is 11.0 Å². The molecule has 0 unspecified atom stereocenters. The molecule has 2 rings (SSSR count). The summed E-state index contributed by atoms with van der Waals surface area (Å²) in [6.45, 7) is -0.0869. The summed E-state index contributed by atoms with van der Waals surface area (Å²) in [7, 11) is 0. The van der Waals surface area contributed by atoms with Crippen LogP contribution in [0.5, 0.6) is 5.75 Å². The lowest BCUT2D eigenvalue weighted by Gasteiger charge is -2.10. The summed E-state index contributed by atoms with van der Waals surface area (Å²) < 4.78 is 32.3. The molecule has 0 radical (unpaired) electrons. The lowest BCUT2D eigenvalue weighted by molar-refractivity contribution is 0.290. The second kappa shape index (κ2) is 6.41. The summed E-state index contributed by atoms with van der Waals surface area (Å²) in [5, 5.41) is 11.2. The molecule has 0 fully saturated rings. The van der Waals surface area contributed by atoms with Crippen LogP contribution in [-0.2, 0) is 6.61 Å². The van der Waals surface area contributed by atoms with E-state index in [1.165, 1.54) is 24.3 Å². The van der Waals surface area contributed by atoms with Crippen LogP contribution in [0.25, 0.3) is 0 Å². The number of ether oxygens (including phenoxy) is 1. The second-order valence-corrected chi connectivity index (χ2v) is 4.51. The van der Waals surface area contributed by atoms with E-state index in [1.54, 1.807) is 6.07 Å². The zero-order chi connectivity index (χ0) is 15.4. The van der Waals surface area contributed by atoms with Crippen LogP contribution in [0.15, 0.2) is 41.6 Å². The van der Waals surface area contributed by atoms with E-state index >= 15 is 0 Å². The summed E-state index contributed by atoms with van der Waals surface area (Å²) in [5.41, 5.74) is 5.96. The monoisotopic (exact) mass is 312 g/mol. The number of rotatable bonds is 4. The van der Waals surface area contributed by atoms with Crippen molar-refractivity contribution in [3.05, 3.63) is 64.2 Å². The molecule has 0 bridgehead atoms. The van der Waals surface area contributed by atoms with Gasteiger partial charge < -0.3 is 15.7 Å². The van der Waals surface area contributed by atoms with Crippen LogP contribution in [0.4, 0.5) is 8.78 Å². The first-order chi connectivity index (χ1) is 10.0. The Morgan fingerprint density at radius 2 is 2.00 bits per heavy atom. The highest BCUT2D eigenvalue weighted by atomic mass is 35.5. The van der Waals surface area contributed by atoms with Gasteiger partial charge in [0.05, 0.1) is 5.02 Å². The molecule has 0 heterocycles. The third kappa shape index (κ3) is 3.41. The molecular formula is C14H11ClF2N2O2. The summed E-state index contributed by atoms with van der Waals surface area (Å²) in [6.07, 6.45) is 0. The largest absolute Gasteiger partial charge is 0.486 e. The van der Waals surface area contributed by atoms with Crippen molar-refractivity contribution in [1.29, 1.82) is 0 Å². The Bertz CT molecular complexity index is 693. The molecule has 4 nitrogen and oxygen atoms in total. The zero-order valence-corrected chi connectivity index (χ0v) is 11.4. The molecule has 0 amide bonds. The third-order valence-electron chi connectivity index (χ3n) is 2.75. The summed E-state index contributed by atoms with van der Waals surface area (Å²) in [4.78, 5) is 0. The standard InChI is InChI=1S/C14H11ClF2N2O2/c15-13-9(2-1-3-10(13)16)7-21-12-5-4-8(6-11(12)17)14(18)19-20/h1-6,20H,7H2,(H2,18,19). The first-order valence-corrected chi connectivity index (χ1v) is 6.24. The van der Waals surface area contributed by atoms with E-state index in [0.29, 0.717) is 5.56 Å². The number of hydrogen-bond acceptors (Lipinski definition) is 3. The fraction of sp³-hybridized carbons (Fsp3) is 0.0714. The average Bonchev–Trinajstić information content (AvgIpc) is 2.49. The fourth-order valence-electron chi connectivity index (χ4n) is 1.65. The van der Waals surface area contributed by atoms with E-state index in [0.717, 1.165) is 6.07 Å². The lowest BCUT2D eigenvalue weighted by Crippen LogP contribution is -2.13. The Hall–Kier alpha value is -2.34. The number of nitrogens with two attached hydrogens (primary N) is 1. The van der Waals surface area contributed by atoms with Gasteiger partial charge >= 0.3 is 0 Å². The maximum Gasteiger partial charge on any atom is 0.170 e. The van der Waals surface area contributed by atoms with Crippen molar-refractivity contribution in [2.24, 2.45) is 10.9 Å². The van der Waals surface area contributed by atoms with Gasteiger partial charge in [-0.3, -0.25) is 0 Å². The molecule has 21 heavy (non-hydrogen) atoms. The molecule has 110 valence electrons. The van der Waals surface area contributed by atoms with Crippen molar-refractivity contribution in [2.45, 2.75) is 6.61 Å². The Morgan fingerprint density at radius 3 is 2.67 bits per heavy atom. The fourth-order valence-corrected chi connectivity index (χ4v) is 1.83. The number of halogens is 3. The maximum absolute atomic E-state index is 13.8. The summed E-state index contributed by atoms with van der Waals surface area (Å²) in [6, 6.07) is 8.11. The first kappa shape index (κ1) is 15.1. The minimum Gasteiger partial charge on any atom is -0.486 e. The zero-order valence-electron chi connectivity index (χ0n) is 10.7. The SMILES string of the molecule is N/C(=N/O)c1ccc(OCc2cccc(F)c2Cl)c(F)c1. The molecule has 7 heteroatoms. The minimum atomic E-state index is -0.688. The topological polar surface area (TPSA) is 67.8 Å². The van der Waals surface area contributed by atoms with Crippen molar-refractivity contribution in [3.8, 4) is 5.75 Å². The molecule has 0 atom stereocenters. The lowest BCUT2D eigenvalue weighted by atomic mass is 10.2.